The molecule has 0 atom stereocenters. The quantitative estimate of drug-likeness (QED) is 0.602. The smallest absolute Gasteiger partial charge is 0.176 e. The molecule has 0 spiro atoms. The van der Waals surface area contributed by atoms with Crippen LogP contribution in [0.4, 0.5) is 0 Å². The summed E-state index contributed by atoms with van der Waals surface area (Å²) in [7, 11) is 0. The Hall–Kier alpha value is -1.87. The van der Waals surface area contributed by atoms with Gasteiger partial charge in [0.15, 0.2) is 5.75 Å². The zero-order valence-corrected chi connectivity index (χ0v) is 9.13. The molecule has 0 saturated heterocycles. The number of hydrogen-bond donors (Lipinski definition) is 0. The number of para-hydroxylation sites is 1. The van der Waals surface area contributed by atoms with Crippen LogP contribution in [-0.2, 0) is 0 Å². The Morgan fingerprint density at radius 3 is 2.69 bits per heavy atom. The van der Waals surface area contributed by atoms with E-state index in [1.54, 1.807) is 18.3 Å². The fourth-order valence-corrected chi connectivity index (χ4v) is 1.28. The molecule has 0 aliphatic heterocycles. The molecule has 0 unspecified atom stereocenters. The second-order valence-corrected chi connectivity index (χ2v) is 3.42. The molecule has 0 N–H and O–H groups in total. The van der Waals surface area contributed by atoms with E-state index >= 15 is 0 Å². The molecule has 0 amide bonds. The Bertz CT molecular complexity index is 485. The highest BCUT2D eigenvalue weighted by atomic mass is 35.5. The normalized spacial score (nSPS) is 10.6. The third-order valence-electron chi connectivity index (χ3n) is 1.86. The molecule has 0 radical (unpaired) electrons. The summed E-state index contributed by atoms with van der Waals surface area (Å²) in [5.74, 6) is 0.524. The van der Waals surface area contributed by atoms with Gasteiger partial charge in [0.05, 0.1) is 16.9 Å². The first-order chi connectivity index (χ1) is 7.86. The van der Waals surface area contributed by atoms with E-state index in [0.29, 0.717) is 10.8 Å². The average molecular weight is 233 g/mol. The van der Waals surface area contributed by atoms with Crippen molar-refractivity contribution in [3.8, 4) is 5.75 Å². The van der Waals surface area contributed by atoms with Crippen molar-refractivity contribution in [2.75, 3.05) is 0 Å². The summed E-state index contributed by atoms with van der Waals surface area (Å²) in [5, 5.41) is 4.33. The summed E-state index contributed by atoms with van der Waals surface area (Å²) >= 11 is 5.89. The van der Waals surface area contributed by atoms with Gasteiger partial charge in [0.25, 0.3) is 0 Å². The van der Waals surface area contributed by atoms with Crippen molar-refractivity contribution in [3.63, 3.8) is 0 Å². The molecule has 16 heavy (non-hydrogen) atoms. The minimum Gasteiger partial charge on any atom is -0.355 e. The molecule has 1 aromatic carbocycles. The Balaban J connectivity index is 2.03. The van der Waals surface area contributed by atoms with E-state index < -0.39 is 0 Å². The van der Waals surface area contributed by atoms with Gasteiger partial charge in [-0.1, -0.05) is 35.0 Å². The van der Waals surface area contributed by atoms with Gasteiger partial charge in [0.1, 0.15) is 0 Å². The summed E-state index contributed by atoms with van der Waals surface area (Å²) in [6, 6.07) is 12.7. The van der Waals surface area contributed by atoms with Crippen molar-refractivity contribution in [1.82, 2.24) is 4.98 Å². The summed E-state index contributed by atoms with van der Waals surface area (Å²) in [6.45, 7) is 0. The van der Waals surface area contributed by atoms with Crippen LogP contribution in [0.1, 0.15) is 5.69 Å². The van der Waals surface area contributed by atoms with Gasteiger partial charge in [0, 0.05) is 6.20 Å². The predicted molar refractivity (Wildman–Crippen MR) is 63.9 cm³/mol. The first-order valence-corrected chi connectivity index (χ1v) is 5.10. The topological polar surface area (TPSA) is 34.5 Å². The highest BCUT2D eigenvalue weighted by Gasteiger charge is 1.97. The van der Waals surface area contributed by atoms with Gasteiger partial charge in [0.2, 0.25) is 0 Å². The van der Waals surface area contributed by atoms with Crippen LogP contribution in [-0.4, -0.2) is 11.2 Å². The third-order valence-corrected chi connectivity index (χ3v) is 2.17. The molecule has 0 saturated carbocycles. The summed E-state index contributed by atoms with van der Waals surface area (Å²) in [5.41, 5.74) is 0.731. The van der Waals surface area contributed by atoms with Crippen LogP contribution in [0.5, 0.6) is 5.75 Å². The summed E-state index contributed by atoms with van der Waals surface area (Å²) in [6.07, 6.45) is 3.22. The fourth-order valence-electron chi connectivity index (χ4n) is 1.11. The number of oxime groups is 1. The lowest BCUT2D eigenvalue weighted by atomic mass is 10.3. The van der Waals surface area contributed by atoms with Gasteiger partial charge >= 0.3 is 0 Å². The lowest BCUT2D eigenvalue weighted by molar-refractivity contribution is 0.344. The molecule has 2 rings (SSSR count). The molecule has 0 aliphatic carbocycles. The van der Waals surface area contributed by atoms with Crippen LogP contribution in [0.2, 0.25) is 5.02 Å². The number of hydrogen-bond acceptors (Lipinski definition) is 3. The zero-order valence-electron chi connectivity index (χ0n) is 8.38. The maximum atomic E-state index is 5.89. The Morgan fingerprint density at radius 1 is 1.12 bits per heavy atom. The van der Waals surface area contributed by atoms with E-state index in [1.165, 1.54) is 6.21 Å². The van der Waals surface area contributed by atoms with E-state index in [2.05, 4.69) is 10.1 Å². The van der Waals surface area contributed by atoms with Crippen molar-refractivity contribution >= 4 is 17.8 Å². The van der Waals surface area contributed by atoms with Crippen molar-refractivity contribution in [2.45, 2.75) is 0 Å². The SMILES string of the molecule is Clc1ccccc1O/N=C/c1ccccn1. The van der Waals surface area contributed by atoms with Crippen molar-refractivity contribution in [3.05, 3.63) is 59.4 Å². The second kappa shape index (κ2) is 5.28. The van der Waals surface area contributed by atoms with E-state index in [0.717, 1.165) is 5.69 Å². The van der Waals surface area contributed by atoms with Crippen LogP contribution in [0.25, 0.3) is 0 Å². The minimum atomic E-state index is 0.524. The van der Waals surface area contributed by atoms with Gasteiger partial charge in [-0.2, -0.15) is 0 Å². The van der Waals surface area contributed by atoms with Crippen LogP contribution < -0.4 is 4.84 Å². The predicted octanol–water partition coefficient (Wildman–Crippen LogP) is 3.15. The number of benzene rings is 1. The highest BCUT2D eigenvalue weighted by Crippen LogP contribution is 2.22. The maximum Gasteiger partial charge on any atom is 0.176 e. The molecule has 1 aromatic heterocycles. The summed E-state index contributed by atoms with van der Waals surface area (Å²) in [4.78, 5) is 9.21. The molecule has 0 bridgehead atoms. The zero-order chi connectivity index (χ0) is 11.2. The molecule has 0 aliphatic rings. The number of halogens is 1. The van der Waals surface area contributed by atoms with E-state index in [9.17, 15) is 0 Å². The molecule has 4 heteroatoms. The van der Waals surface area contributed by atoms with Gasteiger partial charge in [-0.15, -0.1) is 0 Å². The van der Waals surface area contributed by atoms with Gasteiger partial charge in [-0.25, -0.2) is 0 Å². The molecule has 2 aromatic rings. The lowest BCUT2D eigenvalue weighted by Gasteiger charge is -1.99. The number of nitrogens with zero attached hydrogens (tertiary/aromatic N) is 2. The molecule has 0 fully saturated rings. The number of aromatic nitrogens is 1. The highest BCUT2D eigenvalue weighted by molar-refractivity contribution is 6.32. The van der Waals surface area contributed by atoms with Gasteiger partial charge in [-0.3, -0.25) is 4.98 Å². The van der Waals surface area contributed by atoms with Crippen molar-refractivity contribution in [2.24, 2.45) is 5.16 Å². The molecular weight excluding hydrogens is 224 g/mol. The Kier molecular flexibility index (Phi) is 3.51. The van der Waals surface area contributed by atoms with Crippen molar-refractivity contribution in [1.29, 1.82) is 0 Å². The first-order valence-electron chi connectivity index (χ1n) is 4.72. The van der Waals surface area contributed by atoms with Gasteiger partial charge in [-0.05, 0) is 24.3 Å². The maximum absolute atomic E-state index is 5.89. The Labute approximate surface area is 98.3 Å². The standard InChI is InChI=1S/C12H9ClN2O/c13-11-6-1-2-7-12(11)16-15-9-10-5-3-4-8-14-10/h1-9H/b15-9+. The van der Waals surface area contributed by atoms with Crippen LogP contribution >= 0.6 is 11.6 Å². The molecule has 3 nitrogen and oxygen atoms in total. The number of pyridine rings is 1. The van der Waals surface area contributed by atoms with E-state index in [4.69, 9.17) is 16.4 Å². The molecular formula is C12H9ClN2O. The summed E-state index contributed by atoms with van der Waals surface area (Å²) < 4.78 is 0. The van der Waals surface area contributed by atoms with Crippen LogP contribution in [0.15, 0.2) is 53.8 Å². The van der Waals surface area contributed by atoms with Crippen molar-refractivity contribution < 1.29 is 4.84 Å². The lowest BCUT2D eigenvalue weighted by Crippen LogP contribution is -1.89. The third kappa shape index (κ3) is 2.81. The molecule has 1 heterocycles. The minimum absolute atomic E-state index is 0.524. The largest absolute Gasteiger partial charge is 0.355 e. The second-order valence-electron chi connectivity index (χ2n) is 3.01. The van der Waals surface area contributed by atoms with E-state index in [1.807, 2.05) is 30.3 Å². The average Bonchev–Trinajstić information content (AvgIpc) is 2.33. The van der Waals surface area contributed by atoms with Crippen LogP contribution in [0, 0.1) is 0 Å². The first kappa shape index (κ1) is 10.6. The Morgan fingerprint density at radius 2 is 1.94 bits per heavy atom. The van der Waals surface area contributed by atoms with Gasteiger partial charge < -0.3 is 4.84 Å². The monoisotopic (exact) mass is 232 g/mol. The fraction of sp³-hybridized carbons (Fsp3) is 0. The van der Waals surface area contributed by atoms with Crippen LogP contribution in [0.3, 0.4) is 0 Å². The molecule has 80 valence electrons. The van der Waals surface area contributed by atoms with E-state index in [-0.39, 0.29) is 0 Å². The number of rotatable bonds is 3.